The second-order valence-corrected chi connectivity index (χ2v) is 9.31. The zero-order chi connectivity index (χ0) is 24.9. The maximum Gasteiger partial charge on any atom is 0.322 e. The van der Waals surface area contributed by atoms with Crippen LogP contribution in [0.4, 0.5) is 0 Å². The number of carboxylic acid groups (broad SMARTS) is 1. The molecule has 1 aromatic heterocycles. The Labute approximate surface area is 199 Å². The number of fused-ring (bicyclic) bond motifs is 1. The number of sulfonamides is 1. The molecule has 0 bridgehead atoms. The zero-order valence-corrected chi connectivity index (χ0v) is 20.4. The molecule has 0 amide bonds. The van der Waals surface area contributed by atoms with Gasteiger partial charge in [0, 0.05) is 29.6 Å². The molecule has 0 aliphatic heterocycles. The van der Waals surface area contributed by atoms with Crippen molar-refractivity contribution < 1.29 is 27.8 Å². The lowest BCUT2D eigenvalue weighted by atomic mass is 10.0. The largest absolute Gasteiger partial charge is 0.497 e. The Morgan fingerprint density at radius 2 is 1.85 bits per heavy atom. The molecule has 2 aromatic carbocycles. The van der Waals surface area contributed by atoms with Gasteiger partial charge in [0.15, 0.2) is 0 Å². The molecule has 0 aliphatic rings. The Hall–Kier alpha value is -3.48. The Balaban J connectivity index is 1.90. The summed E-state index contributed by atoms with van der Waals surface area (Å²) in [6.07, 6.45) is -0.0199. The summed E-state index contributed by atoms with van der Waals surface area (Å²) in [5.41, 5.74) is 2.57. The molecule has 0 radical (unpaired) electrons. The third-order valence-electron chi connectivity index (χ3n) is 5.60. The number of aryl methyl sites for hydroxylation is 1. The van der Waals surface area contributed by atoms with E-state index in [9.17, 15) is 18.3 Å². The predicted molar refractivity (Wildman–Crippen MR) is 130 cm³/mol. The summed E-state index contributed by atoms with van der Waals surface area (Å²) in [7, 11) is -2.53. The highest BCUT2D eigenvalue weighted by Crippen LogP contribution is 2.30. The van der Waals surface area contributed by atoms with Crippen LogP contribution in [0.2, 0.25) is 0 Å². The van der Waals surface area contributed by atoms with Crippen LogP contribution in [0.1, 0.15) is 25.1 Å². The topological polar surface area (TPSA) is 107 Å². The average Bonchev–Trinajstić information content (AvgIpc) is 3.08. The zero-order valence-electron chi connectivity index (χ0n) is 19.6. The molecular formula is C25H28N2O6S. The van der Waals surface area contributed by atoms with E-state index >= 15 is 0 Å². The van der Waals surface area contributed by atoms with Crippen LogP contribution in [-0.4, -0.2) is 43.8 Å². The number of methoxy groups -OCH3 is 1. The lowest BCUT2D eigenvalue weighted by Crippen LogP contribution is -2.42. The lowest BCUT2D eigenvalue weighted by Gasteiger charge is -2.16. The van der Waals surface area contributed by atoms with E-state index < -0.39 is 22.0 Å². The first kappa shape index (κ1) is 25.1. The maximum atomic E-state index is 13.0. The van der Waals surface area contributed by atoms with Crippen LogP contribution in [0.25, 0.3) is 10.9 Å². The summed E-state index contributed by atoms with van der Waals surface area (Å²) in [6.45, 7) is 6.48. The summed E-state index contributed by atoms with van der Waals surface area (Å²) in [4.78, 5) is 12.0. The minimum Gasteiger partial charge on any atom is -0.497 e. The van der Waals surface area contributed by atoms with Gasteiger partial charge in [-0.3, -0.25) is 4.79 Å². The van der Waals surface area contributed by atoms with E-state index in [1.807, 2.05) is 32.0 Å². The van der Waals surface area contributed by atoms with E-state index in [0.29, 0.717) is 18.0 Å². The van der Waals surface area contributed by atoms with Crippen molar-refractivity contribution in [1.29, 1.82) is 0 Å². The molecule has 34 heavy (non-hydrogen) atoms. The Kier molecular flexibility index (Phi) is 7.87. The van der Waals surface area contributed by atoms with Gasteiger partial charge in [-0.2, -0.15) is 4.72 Å². The van der Waals surface area contributed by atoms with Crippen LogP contribution in [0.15, 0.2) is 47.4 Å². The SMILES string of the molecule is CC#CCOc1ccc(S(=O)(=O)NC(Cc2c(C)n(CC)c3ccc(OC)cc23)C(=O)O)cc1. The van der Waals surface area contributed by atoms with E-state index in [1.54, 1.807) is 14.0 Å². The smallest absolute Gasteiger partial charge is 0.322 e. The average molecular weight is 485 g/mol. The Bertz CT molecular complexity index is 1350. The standard InChI is InChI=1S/C25H28N2O6S/c1-5-7-14-33-18-8-11-20(12-9-18)34(30,31)26-23(25(28)29)16-21-17(3)27(6-2)24-13-10-19(32-4)15-22(21)24/h8-13,15,23,26H,6,14,16H2,1-4H3,(H,28,29). The lowest BCUT2D eigenvalue weighted by molar-refractivity contribution is -0.138. The van der Waals surface area contributed by atoms with Crippen molar-refractivity contribution in [3.05, 3.63) is 53.7 Å². The highest BCUT2D eigenvalue weighted by atomic mass is 32.2. The van der Waals surface area contributed by atoms with Crippen molar-refractivity contribution in [2.75, 3.05) is 13.7 Å². The Morgan fingerprint density at radius 3 is 2.44 bits per heavy atom. The van der Waals surface area contributed by atoms with Crippen molar-refractivity contribution in [2.24, 2.45) is 0 Å². The molecule has 9 heteroatoms. The second kappa shape index (κ2) is 10.6. The monoisotopic (exact) mass is 484 g/mol. The molecule has 1 atom stereocenters. The molecule has 0 fully saturated rings. The van der Waals surface area contributed by atoms with Crippen LogP contribution >= 0.6 is 0 Å². The molecule has 0 saturated carbocycles. The fourth-order valence-electron chi connectivity index (χ4n) is 3.87. The van der Waals surface area contributed by atoms with Crippen LogP contribution < -0.4 is 14.2 Å². The van der Waals surface area contributed by atoms with Gasteiger partial charge in [0.1, 0.15) is 24.1 Å². The van der Waals surface area contributed by atoms with Gasteiger partial charge < -0.3 is 19.1 Å². The third-order valence-corrected chi connectivity index (χ3v) is 7.09. The summed E-state index contributed by atoms with van der Waals surface area (Å²) in [5, 5.41) is 10.7. The van der Waals surface area contributed by atoms with E-state index in [1.165, 1.54) is 24.3 Å². The van der Waals surface area contributed by atoms with Crippen molar-refractivity contribution >= 4 is 26.9 Å². The van der Waals surface area contributed by atoms with E-state index in [-0.39, 0.29) is 17.9 Å². The number of carbonyl (C=O) groups is 1. The van der Waals surface area contributed by atoms with Crippen molar-refractivity contribution in [3.63, 3.8) is 0 Å². The number of hydrogen-bond donors (Lipinski definition) is 2. The number of ether oxygens (including phenoxy) is 2. The molecule has 8 nitrogen and oxygen atoms in total. The molecule has 1 heterocycles. The van der Waals surface area contributed by atoms with Gasteiger partial charge in [0.05, 0.1) is 12.0 Å². The first-order valence-corrected chi connectivity index (χ1v) is 12.2. The minimum atomic E-state index is -4.09. The quantitative estimate of drug-likeness (QED) is 0.428. The highest BCUT2D eigenvalue weighted by Gasteiger charge is 2.28. The van der Waals surface area contributed by atoms with Gasteiger partial charge in [-0.05, 0) is 68.8 Å². The molecule has 0 aliphatic carbocycles. The van der Waals surface area contributed by atoms with E-state index in [4.69, 9.17) is 9.47 Å². The highest BCUT2D eigenvalue weighted by molar-refractivity contribution is 7.89. The van der Waals surface area contributed by atoms with Crippen LogP contribution in [-0.2, 0) is 27.8 Å². The number of hydrogen-bond acceptors (Lipinski definition) is 5. The first-order chi connectivity index (χ1) is 16.2. The number of rotatable bonds is 10. The van der Waals surface area contributed by atoms with Gasteiger partial charge in [-0.25, -0.2) is 8.42 Å². The predicted octanol–water partition coefficient (Wildman–Crippen LogP) is 3.35. The van der Waals surface area contributed by atoms with Crippen LogP contribution in [0, 0.1) is 18.8 Å². The van der Waals surface area contributed by atoms with Gasteiger partial charge in [-0.1, -0.05) is 5.92 Å². The molecule has 0 spiro atoms. The number of nitrogens with one attached hydrogen (secondary N) is 1. The van der Waals surface area contributed by atoms with Crippen molar-refractivity contribution in [1.82, 2.24) is 9.29 Å². The summed E-state index contributed by atoms with van der Waals surface area (Å²) >= 11 is 0. The van der Waals surface area contributed by atoms with Gasteiger partial charge >= 0.3 is 5.97 Å². The number of aromatic nitrogens is 1. The normalized spacial score (nSPS) is 12.1. The van der Waals surface area contributed by atoms with E-state index in [2.05, 4.69) is 21.1 Å². The number of nitrogens with zero attached hydrogens (tertiary/aromatic N) is 1. The number of benzene rings is 2. The third kappa shape index (κ3) is 5.35. The second-order valence-electron chi connectivity index (χ2n) is 7.59. The number of carboxylic acids is 1. The van der Waals surface area contributed by atoms with Crippen molar-refractivity contribution in [2.45, 2.75) is 44.7 Å². The van der Waals surface area contributed by atoms with Gasteiger partial charge in [-0.15, -0.1) is 5.92 Å². The molecule has 3 rings (SSSR count). The molecular weight excluding hydrogens is 456 g/mol. The summed E-state index contributed by atoms with van der Waals surface area (Å²) in [5.74, 6) is 5.31. The van der Waals surface area contributed by atoms with Gasteiger partial charge in [0.25, 0.3) is 0 Å². The fraction of sp³-hybridized carbons (Fsp3) is 0.320. The van der Waals surface area contributed by atoms with Gasteiger partial charge in [0.2, 0.25) is 10.0 Å². The molecule has 2 N–H and O–H groups in total. The van der Waals surface area contributed by atoms with Crippen LogP contribution in [0.5, 0.6) is 11.5 Å². The Morgan fingerprint density at radius 1 is 1.18 bits per heavy atom. The number of aliphatic carboxylic acids is 1. The molecule has 3 aromatic rings. The summed E-state index contributed by atoms with van der Waals surface area (Å²) < 4.78 is 41.1. The van der Waals surface area contributed by atoms with Crippen LogP contribution in [0.3, 0.4) is 0 Å². The first-order valence-electron chi connectivity index (χ1n) is 10.7. The summed E-state index contributed by atoms with van der Waals surface area (Å²) in [6, 6.07) is 10.0. The molecule has 0 saturated heterocycles. The molecule has 1 unspecified atom stereocenters. The van der Waals surface area contributed by atoms with Crippen molar-refractivity contribution in [3.8, 4) is 23.3 Å². The van der Waals surface area contributed by atoms with E-state index in [0.717, 1.165) is 22.2 Å². The fourth-order valence-corrected chi connectivity index (χ4v) is 5.06. The molecule has 180 valence electrons. The maximum absolute atomic E-state index is 13.0. The minimum absolute atomic E-state index is 0.0199.